The molecule has 212 valence electrons. The van der Waals surface area contributed by atoms with Crippen molar-refractivity contribution in [2.75, 3.05) is 26.3 Å². The topological polar surface area (TPSA) is 120 Å². The number of hydrogen-bond acceptors (Lipinski definition) is 6. The molecule has 2 aliphatic rings. The SMILES string of the molecule is [N-]=[N+]=Nc1ccccc1C[C@@]1(C(=O)N2CCCCC2)N=C(c2ccc(OCCCO)cc2)O[C@@H]1c1ccccc1Br. The Balaban J connectivity index is 1.63. The highest BCUT2D eigenvalue weighted by Crippen LogP contribution is 2.46. The number of nitrogens with zero attached hydrogens (tertiary/aromatic N) is 5. The molecule has 41 heavy (non-hydrogen) atoms. The molecule has 3 aromatic rings. The van der Waals surface area contributed by atoms with E-state index in [1.165, 1.54) is 0 Å². The zero-order valence-electron chi connectivity index (χ0n) is 22.7. The van der Waals surface area contributed by atoms with Crippen LogP contribution < -0.4 is 4.74 Å². The molecular formula is C31H32BrN5O4. The fourth-order valence-electron chi connectivity index (χ4n) is 5.40. The van der Waals surface area contributed by atoms with E-state index >= 15 is 0 Å². The van der Waals surface area contributed by atoms with Gasteiger partial charge in [-0.25, -0.2) is 4.99 Å². The standard InChI is InChI=1S/C31H32BrN5O4/c32-26-11-4-3-10-25(26)28-31(30(39)37-17-6-1-7-18-37,21-23-9-2-5-12-27(23)35-36-33)34-29(41-28)22-13-15-24(16-14-22)40-20-8-19-38/h2-5,9-16,28,38H,1,6-8,17-21H2/t28-,31-/m1/s1. The van der Waals surface area contributed by atoms with Crippen molar-refractivity contribution in [3.8, 4) is 5.75 Å². The third kappa shape index (κ3) is 6.25. The van der Waals surface area contributed by atoms with E-state index in [2.05, 4.69) is 26.0 Å². The maximum atomic E-state index is 14.6. The number of likely N-dealkylation sites (tertiary alicyclic amines) is 1. The molecule has 1 saturated heterocycles. The smallest absolute Gasteiger partial charge is 0.255 e. The van der Waals surface area contributed by atoms with Gasteiger partial charge in [0.05, 0.1) is 6.61 Å². The molecule has 0 aliphatic carbocycles. The van der Waals surface area contributed by atoms with Crippen molar-refractivity contribution in [2.45, 2.75) is 43.7 Å². The largest absolute Gasteiger partial charge is 0.494 e. The van der Waals surface area contributed by atoms with Gasteiger partial charge in [0.15, 0.2) is 11.6 Å². The Kier molecular flexibility index (Phi) is 9.24. The third-order valence-corrected chi connectivity index (χ3v) is 8.16. The minimum absolute atomic E-state index is 0.0646. The summed E-state index contributed by atoms with van der Waals surface area (Å²) in [4.78, 5) is 24.7. The molecule has 1 fully saturated rings. The number of aliphatic hydroxyl groups is 1. The molecule has 0 bridgehead atoms. The number of benzene rings is 3. The van der Waals surface area contributed by atoms with Gasteiger partial charge in [-0.3, -0.25) is 4.79 Å². The second-order valence-corrected chi connectivity index (χ2v) is 11.0. The average molecular weight is 619 g/mol. The molecular weight excluding hydrogens is 586 g/mol. The molecule has 0 unspecified atom stereocenters. The van der Waals surface area contributed by atoms with Gasteiger partial charge in [0.2, 0.25) is 5.90 Å². The van der Waals surface area contributed by atoms with Gasteiger partial charge < -0.3 is 19.5 Å². The molecule has 2 heterocycles. The van der Waals surface area contributed by atoms with Crippen LogP contribution in [0, 0.1) is 0 Å². The van der Waals surface area contributed by atoms with Crippen molar-refractivity contribution < 1.29 is 19.4 Å². The number of halogens is 1. The molecule has 0 spiro atoms. The summed E-state index contributed by atoms with van der Waals surface area (Å²) in [5, 5.41) is 13.0. The first-order valence-corrected chi connectivity index (χ1v) is 14.6. The Morgan fingerprint density at radius 1 is 1.10 bits per heavy atom. The Labute approximate surface area is 247 Å². The predicted molar refractivity (Wildman–Crippen MR) is 160 cm³/mol. The lowest BCUT2D eigenvalue weighted by molar-refractivity contribution is -0.140. The molecule has 2 atom stereocenters. The summed E-state index contributed by atoms with van der Waals surface area (Å²) in [6, 6.07) is 22.4. The third-order valence-electron chi connectivity index (χ3n) is 7.44. The number of aliphatic hydroxyl groups excluding tert-OH is 1. The summed E-state index contributed by atoms with van der Waals surface area (Å²) in [5.74, 6) is 0.925. The first-order valence-electron chi connectivity index (χ1n) is 13.8. The minimum Gasteiger partial charge on any atom is -0.494 e. The summed E-state index contributed by atoms with van der Waals surface area (Å²) in [6.45, 7) is 1.79. The maximum absolute atomic E-state index is 14.6. The number of aliphatic imine (C=N–C) groups is 1. The zero-order valence-corrected chi connectivity index (χ0v) is 24.2. The first-order chi connectivity index (χ1) is 20.1. The van der Waals surface area contributed by atoms with Gasteiger partial charge in [-0.05, 0) is 60.7 Å². The van der Waals surface area contributed by atoms with Crippen LogP contribution in [0.1, 0.15) is 48.5 Å². The van der Waals surface area contributed by atoms with E-state index in [0.29, 0.717) is 54.6 Å². The van der Waals surface area contributed by atoms with E-state index in [1.807, 2.05) is 71.6 Å². The highest BCUT2D eigenvalue weighted by Gasteiger charge is 2.55. The molecule has 0 saturated carbocycles. The van der Waals surface area contributed by atoms with Crippen LogP contribution in [0.25, 0.3) is 10.4 Å². The van der Waals surface area contributed by atoms with E-state index in [4.69, 9.17) is 19.6 Å². The van der Waals surface area contributed by atoms with Crippen molar-refractivity contribution in [1.82, 2.24) is 4.90 Å². The number of hydrogen-bond donors (Lipinski definition) is 1. The fourth-order valence-corrected chi connectivity index (χ4v) is 5.89. The normalized spacial score (nSPS) is 20.1. The number of azide groups is 1. The molecule has 0 aromatic heterocycles. The Morgan fingerprint density at radius 2 is 1.83 bits per heavy atom. The van der Waals surface area contributed by atoms with Crippen LogP contribution in [0.5, 0.6) is 5.75 Å². The summed E-state index contributed by atoms with van der Waals surface area (Å²) in [7, 11) is 0. The first kappa shape index (κ1) is 28.7. The Bertz CT molecular complexity index is 1450. The van der Waals surface area contributed by atoms with E-state index in [1.54, 1.807) is 6.07 Å². The minimum atomic E-state index is -1.34. The number of piperidine rings is 1. The van der Waals surface area contributed by atoms with Crippen LogP contribution in [-0.2, 0) is 16.0 Å². The highest BCUT2D eigenvalue weighted by atomic mass is 79.9. The summed E-state index contributed by atoms with van der Waals surface area (Å²) in [6.07, 6.45) is 2.96. The molecule has 0 radical (unpaired) electrons. The van der Waals surface area contributed by atoms with Gasteiger partial charge in [-0.1, -0.05) is 63.5 Å². The van der Waals surface area contributed by atoms with Gasteiger partial charge in [0.1, 0.15) is 5.75 Å². The monoisotopic (exact) mass is 617 g/mol. The molecule has 10 heteroatoms. The van der Waals surface area contributed by atoms with E-state index in [0.717, 1.165) is 29.3 Å². The van der Waals surface area contributed by atoms with Crippen molar-refractivity contribution in [3.63, 3.8) is 0 Å². The highest BCUT2D eigenvalue weighted by molar-refractivity contribution is 9.10. The fraction of sp³-hybridized carbons (Fsp3) is 0.355. The molecule has 5 rings (SSSR count). The average Bonchev–Trinajstić information content (AvgIpc) is 3.39. The maximum Gasteiger partial charge on any atom is 0.255 e. The lowest BCUT2D eigenvalue weighted by Crippen LogP contribution is -2.53. The molecule has 9 nitrogen and oxygen atoms in total. The van der Waals surface area contributed by atoms with Crippen molar-refractivity contribution in [2.24, 2.45) is 10.1 Å². The van der Waals surface area contributed by atoms with E-state index < -0.39 is 11.6 Å². The van der Waals surface area contributed by atoms with E-state index in [-0.39, 0.29) is 18.9 Å². The van der Waals surface area contributed by atoms with Crippen molar-refractivity contribution in [3.05, 3.63) is 104 Å². The lowest BCUT2D eigenvalue weighted by atomic mass is 9.80. The molecule has 1 N–H and O–H groups in total. The number of rotatable bonds is 10. The lowest BCUT2D eigenvalue weighted by Gasteiger charge is -2.37. The summed E-state index contributed by atoms with van der Waals surface area (Å²) >= 11 is 3.69. The second kappa shape index (κ2) is 13.2. The van der Waals surface area contributed by atoms with Gasteiger partial charge in [0.25, 0.3) is 5.91 Å². The van der Waals surface area contributed by atoms with Crippen molar-refractivity contribution in [1.29, 1.82) is 0 Å². The van der Waals surface area contributed by atoms with Crippen LogP contribution in [0.4, 0.5) is 5.69 Å². The van der Waals surface area contributed by atoms with Crippen LogP contribution >= 0.6 is 15.9 Å². The van der Waals surface area contributed by atoms with Crippen LogP contribution in [0.3, 0.4) is 0 Å². The van der Waals surface area contributed by atoms with Gasteiger partial charge in [0, 0.05) is 58.7 Å². The quantitative estimate of drug-likeness (QED) is 0.118. The number of carbonyl (C=O) groups is 1. The Hall–Kier alpha value is -3.85. The molecule has 2 aliphatic heterocycles. The van der Waals surface area contributed by atoms with Gasteiger partial charge in [-0.2, -0.15) is 0 Å². The molecule has 3 aromatic carbocycles. The van der Waals surface area contributed by atoms with Crippen LogP contribution in [0.2, 0.25) is 0 Å². The number of carbonyl (C=O) groups excluding carboxylic acids is 1. The number of amides is 1. The summed E-state index contributed by atoms with van der Waals surface area (Å²) < 4.78 is 13.2. The second-order valence-electron chi connectivity index (χ2n) is 10.2. The zero-order chi connectivity index (χ0) is 28.7. The van der Waals surface area contributed by atoms with Gasteiger partial charge in [-0.15, -0.1) is 0 Å². The van der Waals surface area contributed by atoms with Crippen molar-refractivity contribution >= 4 is 33.4 Å². The van der Waals surface area contributed by atoms with E-state index in [9.17, 15) is 10.3 Å². The van der Waals surface area contributed by atoms with Crippen LogP contribution in [-0.4, -0.2) is 53.7 Å². The predicted octanol–water partition coefficient (Wildman–Crippen LogP) is 6.66. The van der Waals surface area contributed by atoms with Gasteiger partial charge >= 0.3 is 0 Å². The van der Waals surface area contributed by atoms with Crippen LogP contribution in [0.15, 0.2) is 87.4 Å². The Morgan fingerprint density at radius 3 is 2.56 bits per heavy atom. The number of ether oxygens (including phenoxy) is 2. The summed E-state index contributed by atoms with van der Waals surface area (Å²) in [5.41, 5.74) is 10.6. The molecule has 1 amide bonds.